The zero-order valence-corrected chi connectivity index (χ0v) is 15.4. The van der Waals surface area contributed by atoms with E-state index in [4.69, 9.17) is 17.3 Å². The van der Waals surface area contributed by atoms with Crippen LogP contribution in [0.1, 0.15) is 38.2 Å². The molecule has 2 unspecified atom stereocenters. The first kappa shape index (κ1) is 20.7. The molecular weight excluding hydrogens is 353 g/mol. The Morgan fingerprint density at radius 1 is 1.50 bits per heavy atom. The van der Waals surface area contributed by atoms with Gasteiger partial charge in [-0.3, -0.25) is 14.9 Å². The van der Waals surface area contributed by atoms with Gasteiger partial charge >= 0.3 is 0 Å². The van der Waals surface area contributed by atoms with E-state index in [0.29, 0.717) is 10.6 Å². The number of hydrogen-bond acceptors (Lipinski definition) is 4. The van der Waals surface area contributed by atoms with Crippen molar-refractivity contribution in [1.82, 2.24) is 4.90 Å². The van der Waals surface area contributed by atoms with Crippen LogP contribution in [0.5, 0.6) is 0 Å². The van der Waals surface area contributed by atoms with Crippen molar-refractivity contribution in [3.63, 3.8) is 0 Å². The second-order valence-corrected chi connectivity index (χ2v) is 6.94. The lowest BCUT2D eigenvalue weighted by molar-refractivity contribution is -0.384. The maximum absolute atomic E-state index is 12.7. The Kier molecular flexibility index (Phi) is 7.01. The molecule has 1 aliphatic carbocycles. The monoisotopic (exact) mass is 375 g/mol. The predicted molar refractivity (Wildman–Crippen MR) is 96.4 cm³/mol. The van der Waals surface area contributed by atoms with E-state index < -0.39 is 10.5 Å². The Morgan fingerprint density at radius 2 is 2.17 bits per heavy atom. The van der Waals surface area contributed by atoms with Gasteiger partial charge < -0.3 is 10.6 Å². The summed E-state index contributed by atoms with van der Waals surface area (Å²) in [5.74, 6) is -0.254. The fraction of sp³-hybridized carbons (Fsp3) is 0.562. The summed E-state index contributed by atoms with van der Waals surface area (Å²) in [5.41, 5.74) is 6.31. The minimum atomic E-state index is -0.504. The number of benzene rings is 1. The minimum Gasteiger partial charge on any atom is -0.341 e. The second-order valence-electron chi connectivity index (χ2n) is 6.53. The van der Waals surface area contributed by atoms with E-state index >= 15 is 0 Å². The van der Waals surface area contributed by atoms with Gasteiger partial charge in [0.1, 0.15) is 0 Å². The number of carbonyl (C=O) groups excluding carboxylic acids is 1. The first-order valence-electron chi connectivity index (χ1n) is 7.69. The predicted octanol–water partition coefficient (Wildman–Crippen LogP) is 3.54. The van der Waals surface area contributed by atoms with Gasteiger partial charge in [0, 0.05) is 36.3 Å². The van der Waals surface area contributed by atoms with Crippen molar-refractivity contribution in [3.05, 3.63) is 38.9 Å². The fourth-order valence-electron chi connectivity index (χ4n) is 3.16. The average Bonchev–Trinajstić information content (AvgIpc) is 2.48. The van der Waals surface area contributed by atoms with Gasteiger partial charge in [-0.1, -0.05) is 24.4 Å². The lowest BCUT2D eigenvalue weighted by atomic mass is 9.74. The van der Waals surface area contributed by atoms with Crippen molar-refractivity contribution in [2.75, 3.05) is 7.05 Å². The first-order valence-corrected chi connectivity index (χ1v) is 8.07. The number of nitro benzene ring substituents is 1. The molecule has 1 aromatic carbocycles. The minimum absolute atomic E-state index is 0. The standard InChI is InChI=1S/C16H22ClN3O3.ClH/c1-16(18)8-4-3-5-13(16)15(21)19(2)10-11-9-12(20(22)23)6-7-14(11)17;/h6-7,9,13H,3-5,8,10,18H2,1-2H3;1H. The van der Waals surface area contributed by atoms with Crippen LogP contribution in [-0.2, 0) is 11.3 Å². The van der Waals surface area contributed by atoms with Crippen molar-refractivity contribution >= 4 is 35.6 Å². The van der Waals surface area contributed by atoms with Crippen LogP contribution in [0.3, 0.4) is 0 Å². The summed E-state index contributed by atoms with van der Waals surface area (Å²) in [6.07, 6.45) is 3.64. The van der Waals surface area contributed by atoms with Gasteiger partial charge in [0.25, 0.3) is 5.69 Å². The normalized spacial score (nSPS) is 23.2. The number of carbonyl (C=O) groups is 1. The van der Waals surface area contributed by atoms with Crippen LogP contribution in [0, 0.1) is 16.0 Å². The molecule has 0 aromatic heterocycles. The summed E-state index contributed by atoms with van der Waals surface area (Å²) in [6, 6.07) is 4.25. The molecule has 1 aliphatic rings. The van der Waals surface area contributed by atoms with E-state index in [1.54, 1.807) is 11.9 Å². The number of nitro groups is 1. The van der Waals surface area contributed by atoms with Crippen molar-refractivity contribution < 1.29 is 9.72 Å². The Morgan fingerprint density at radius 3 is 2.75 bits per heavy atom. The van der Waals surface area contributed by atoms with E-state index in [-0.39, 0.29) is 36.5 Å². The van der Waals surface area contributed by atoms with Gasteiger partial charge in [-0.25, -0.2) is 0 Å². The number of hydrogen-bond donors (Lipinski definition) is 1. The molecule has 2 N–H and O–H groups in total. The van der Waals surface area contributed by atoms with Crippen LogP contribution in [0.25, 0.3) is 0 Å². The van der Waals surface area contributed by atoms with Gasteiger partial charge in [0.15, 0.2) is 0 Å². The highest BCUT2D eigenvalue weighted by Crippen LogP contribution is 2.33. The second kappa shape index (κ2) is 8.14. The molecule has 8 heteroatoms. The topological polar surface area (TPSA) is 89.5 Å². The highest BCUT2D eigenvalue weighted by Gasteiger charge is 2.39. The average molecular weight is 376 g/mol. The van der Waals surface area contributed by atoms with Gasteiger partial charge in [-0.2, -0.15) is 0 Å². The molecule has 0 radical (unpaired) electrons. The molecule has 6 nitrogen and oxygen atoms in total. The number of non-ortho nitro benzene ring substituents is 1. The van der Waals surface area contributed by atoms with Gasteiger partial charge in [0.2, 0.25) is 5.91 Å². The lowest BCUT2D eigenvalue weighted by Crippen LogP contribution is -2.53. The fourth-order valence-corrected chi connectivity index (χ4v) is 3.34. The summed E-state index contributed by atoms with van der Waals surface area (Å²) < 4.78 is 0. The van der Waals surface area contributed by atoms with E-state index in [2.05, 4.69) is 0 Å². The lowest BCUT2D eigenvalue weighted by Gasteiger charge is -2.39. The molecule has 1 saturated carbocycles. The molecule has 0 aliphatic heterocycles. The Labute approximate surface area is 152 Å². The van der Waals surface area contributed by atoms with E-state index in [0.717, 1.165) is 25.7 Å². The highest BCUT2D eigenvalue weighted by atomic mass is 35.5. The molecule has 0 heterocycles. The van der Waals surface area contributed by atoms with Crippen LogP contribution in [0.2, 0.25) is 5.02 Å². The van der Waals surface area contributed by atoms with Crippen molar-refractivity contribution in [2.45, 2.75) is 44.7 Å². The Balaban J connectivity index is 0.00000288. The van der Waals surface area contributed by atoms with E-state index in [9.17, 15) is 14.9 Å². The third-order valence-corrected chi connectivity index (χ3v) is 4.94. The molecule has 0 saturated heterocycles. The van der Waals surface area contributed by atoms with Crippen LogP contribution in [-0.4, -0.2) is 28.3 Å². The third-order valence-electron chi connectivity index (χ3n) is 4.58. The quantitative estimate of drug-likeness (QED) is 0.643. The molecule has 2 atom stereocenters. The molecule has 24 heavy (non-hydrogen) atoms. The summed E-state index contributed by atoms with van der Waals surface area (Å²) >= 11 is 6.11. The summed E-state index contributed by atoms with van der Waals surface area (Å²) in [4.78, 5) is 24.7. The zero-order chi connectivity index (χ0) is 17.2. The van der Waals surface area contributed by atoms with Gasteiger partial charge in [-0.05, 0) is 31.4 Å². The first-order chi connectivity index (χ1) is 10.7. The molecule has 1 amide bonds. The largest absolute Gasteiger partial charge is 0.341 e. The molecular formula is C16H23Cl2N3O3. The number of halogens is 2. The van der Waals surface area contributed by atoms with Crippen LogP contribution < -0.4 is 5.73 Å². The molecule has 1 aromatic rings. The summed E-state index contributed by atoms with van der Waals surface area (Å²) in [6.45, 7) is 2.15. The van der Waals surface area contributed by atoms with Crippen LogP contribution >= 0.6 is 24.0 Å². The third kappa shape index (κ3) is 4.59. The summed E-state index contributed by atoms with van der Waals surface area (Å²) in [7, 11) is 1.68. The Bertz CT molecular complexity index is 623. The molecule has 1 fully saturated rings. The smallest absolute Gasteiger partial charge is 0.269 e. The van der Waals surface area contributed by atoms with Crippen LogP contribution in [0.4, 0.5) is 5.69 Å². The van der Waals surface area contributed by atoms with Crippen molar-refractivity contribution in [1.29, 1.82) is 0 Å². The van der Waals surface area contributed by atoms with Crippen molar-refractivity contribution in [2.24, 2.45) is 11.7 Å². The van der Waals surface area contributed by atoms with Crippen LogP contribution in [0.15, 0.2) is 18.2 Å². The number of nitrogens with two attached hydrogens (primary N) is 1. The Hall–Kier alpha value is -1.37. The van der Waals surface area contributed by atoms with E-state index in [1.165, 1.54) is 18.2 Å². The maximum Gasteiger partial charge on any atom is 0.269 e. The maximum atomic E-state index is 12.7. The van der Waals surface area contributed by atoms with Gasteiger partial charge in [-0.15, -0.1) is 12.4 Å². The number of nitrogens with zero attached hydrogens (tertiary/aromatic N) is 2. The molecule has 0 spiro atoms. The highest BCUT2D eigenvalue weighted by molar-refractivity contribution is 6.31. The molecule has 2 rings (SSSR count). The van der Waals surface area contributed by atoms with Crippen molar-refractivity contribution in [3.8, 4) is 0 Å². The summed E-state index contributed by atoms with van der Waals surface area (Å²) in [5, 5.41) is 11.3. The number of rotatable bonds is 4. The number of amides is 1. The molecule has 134 valence electrons. The zero-order valence-electron chi connectivity index (χ0n) is 13.8. The molecule has 0 bridgehead atoms. The van der Waals surface area contributed by atoms with Gasteiger partial charge in [0.05, 0.1) is 10.8 Å². The SMILES string of the molecule is CN(Cc1cc([N+](=O)[O-])ccc1Cl)C(=O)C1CCCCC1(C)N.Cl. The van der Waals surface area contributed by atoms with E-state index in [1.807, 2.05) is 6.92 Å².